The molecule has 0 spiro atoms. The molecule has 0 aliphatic rings. The second-order valence-corrected chi connectivity index (χ2v) is 4.50. The number of carbonyl (C=O) groups excluding carboxylic acids is 1. The summed E-state index contributed by atoms with van der Waals surface area (Å²) in [6.07, 6.45) is -5.44. The zero-order chi connectivity index (χ0) is 18.7. The average Bonchev–Trinajstić information content (AvgIpc) is 2.44. The van der Waals surface area contributed by atoms with Gasteiger partial charge >= 0.3 is 12.1 Å². The minimum atomic E-state index is -5.38. The van der Waals surface area contributed by atoms with Gasteiger partial charge in [-0.05, 0) is 19.1 Å². The van der Waals surface area contributed by atoms with Crippen LogP contribution in [0.3, 0.4) is 0 Å². The summed E-state index contributed by atoms with van der Waals surface area (Å²) in [5.41, 5.74) is -4.46. The zero-order valence-electron chi connectivity index (χ0n) is 12.6. The fraction of sp³-hybridized carbons (Fsp3) is 0.333. The number of carboxylic acid groups (broad SMARTS) is 1. The predicted molar refractivity (Wildman–Crippen MR) is 72.3 cm³/mol. The molecule has 0 fully saturated rings. The van der Waals surface area contributed by atoms with Crippen molar-refractivity contribution >= 4 is 11.8 Å². The Morgan fingerprint density at radius 1 is 1.17 bits per heavy atom. The van der Waals surface area contributed by atoms with Crippen molar-refractivity contribution in [2.75, 3.05) is 6.61 Å². The number of alkyl halides is 3. The lowest BCUT2D eigenvalue weighted by Crippen LogP contribution is -2.20. The minimum Gasteiger partial charge on any atom is -0.497 e. The third kappa shape index (κ3) is 3.90. The number of benzene rings is 1. The number of allylic oxidation sites excluding steroid dienone is 1. The lowest BCUT2D eigenvalue weighted by Gasteiger charge is -2.14. The van der Waals surface area contributed by atoms with E-state index >= 15 is 0 Å². The van der Waals surface area contributed by atoms with E-state index in [4.69, 9.17) is 9.84 Å². The fourth-order valence-corrected chi connectivity index (χ4v) is 1.99. The molecule has 1 aromatic carbocycles. The number of carboxylic acids is 1. The molecule has 9 heteroatoms. The van der Waals surface area contributed by atoms with E-state index in [1.165, 1.54) is 13.8 Å². The highest BCUT2D eigenvalue weighted by molar-refractivity contribution is 6.24. The largest absolute Gasteiger partial charge is 0.497 e. The molecule has 0 heterocycles. The van der Waals surface area contributed by atoms with Gasteiger partial charge in [-0.25, -0.2) is 13.6 Å². The molecular formula is C15H13F5O4. The highest BCUT2D eigenvalue weighted by Crippen LogP contribution is 2.35. The Hall–Kier alpha value is -2.45. The Morgan fingerprint density at radius 3 is 2.17 bits per heavy atom. The number of hydrogen-bond donors (Lipinski definition) is 1. The van der Waals surface area contributed by atoms with E-state index in [-0.39, 0.29) is 24.9 Å². The molecule has 0 unspecified atom stereocenters. The van der Waals surface area contributed by atoms with Crippen LogP contribution in [-0.2, 0) is 15.7 Å². The van der Waals surface area contributed by atoms with Gasteiger partial charge in [0, 0.05) is 6.42 Å². The molecular weight excluding hydrogens is 339 g/mol. The molecule has 0 amide bonds. The molecule has 4 nitrogen and oxygen atoms in total. The van der Waals surface area contributed by atoms with Crippen molar-refractivity contribution < 1.29 is 41.4 Å². The molecule has 0 atom stereocenters. The lowest BCUT2D eigenvalue weighted by molar-refractivity contribution is -0.142. The van der Waals surface area contributed by atoms with Crippen LogP contribution in [0.2, 0.25) is 0 Å². The van der Waals surface area contributed by atoms with Crippen LogP contribution in [0.5, 0.6) is 0 Å². The van der Waals surface area contributed by atoms with Gasteiger partial charge in [0.15, 0.2) is 0 Å². The fourth-order valence-electron chi connectivity index (χ4n) is 1.99. The minimum absolute atomic E-state index is 0.00701. The van der Waals surface area contributed by atoms with Gasteiger partial charge in [-0.3, -0.25) is 4.79 Å². The summed E-state index contributed by atoms with van der Waals surface area (Å²) in [7, 11) is 0. The maximum atomic E-state index is 14.0. The first kappa shape index (κ1) is 19.6. The summed E-state index contributed by atoms with van der Waals surface area (Å²) < 4.78 is 70.4. The molecule has 1 rings (SSSR count). The van der Waals surface area contributed by atoms with E-state index in [0.29, 0.717) is 6.07 Å². The topological polar surface area (TPSA) is 63.6 Å². The molecule has 0 saturated carbocycles. The summed E-state index contributed by atoms with van der Waals surface area (Å²) in [5, 5.41) is 9.13. The van der Waals surface area contributed by atoms with Gasteiger partial charge in [-0.15, -0.1) is 0 Å². The number of aliphatic carboxylic acids is 1. The molecule has 0 saturated heterocycles. The molecule has 0 aliphatic heterocycles. The molecule has 0 aromatic heterocycles. The Morgan fingerprint density at radius 2 is 1.75 bits per heavy atom. The standard InChI is InChI=1S/C15H13F5O4/c1-3-9(24-4-2)10(14(22)23)13(21)7-5-6-8(16)11(12(7)17)15(18,19)20/h5-6H,3-4H2,1-2H3,(H,22,23). The van der Waals surface area contributed by atoms with E-state index in [2.05, 4.69) is 0 Å². The number of rotatable bonds is 6. The van der Waals surface area contributed by atoms with Gasteiger partial charge in [0.05, 0.1) is 12.2 Å². The van der Waals surface area contributed by atoms with Gasteiger partial charge in [0.2, 0.25) is 5.78 Å². The molecule has 1 N–H and O–H groups in total. The van der Waals surface area contributed by atoms with Crippen molar-refractivity contribution in [2.45, 2.75) is 26.4 Å². The van der Waals surface area contributed by atoms with Gasteiger partial charge < -0.3 is 9.84 Å². The number of carbonyl (C=O) groups is 2. The molecule has 0 aliphatic carbocycles. The quantitative estimate of drug-likeness (QED) is 0.210. The molecule has 0 radical (unpaired) electrons. The highest BCUT2D eigenvalue weighted by Gasteiger charge is 2.40. The Balaban J connectivity index is 3.61. The predicted octanol–water partition coefficient (Wildman–Crippen LogP) is 3.95. The first-order valence-electron chi connectivity index (χ1n) is 6.75. The maximum absolute atomic E-state index is 14.0. The van der Waals surface area contributed by atoms with Crippen molar-refractivity contribution in [3.8, 4) is 0 Å². The molecule has 0 bridgehead atoms. The Bertz CT molecular complexity index is 692. The van der Waals surface area contributed by atoms with Crippen molar-refractivity contribution in [3.63, 3.8) is 0 Å². The monoisotopic (exact) mass is 352 g/mol. The number of hydrogen-bond acceptors (Lipinski definition) is 3. The molecule has 24 heavy (non-hydrogen) atoms. The van der Waals surface area contributed by atoms with Crippen LogP contribution < -0.4 is 0 Å². The Labute approximate surface area is 133 Å². The van der Waals surface area contributed by atoms with Crippen LogP contribution in [-0.4, -0.2) is 23.5 Å². The van der Waals surface area contributed by atoms with Crippen LogP contribution in [0.1, 0.15) is 36.2 Å². The zero-order valence-corrected chi connectivity index (χ0v) is 12.6. The highest BCUT2D eigenvalue weighted by atomic mass is 19.4. The van der Waals surface area contributed by atoms with Crippen LogP contribution in [0.15, 0.2) is 23.5 Å². The third-order valence-corrected chi connectivity index (χ3v) is 2.98. The van der Waals surface area contributed by atoms with Gasteiger partial charge in [-0.1, -0.05) is 6.92 Å². The Kier molecular flexibility index (Phi) is 6.05. The summed E-state index contributed by atoms with van der Waals surface area (Å²) in [5.74, 6) is -7.71. The number of Topliss-reactive ketones (excluding diaryl/α,β-unsaturated/α-hetero) is 1. The van der Waals surface area contributed by atoms with Gasteiger partial charge in [-0.2, -0.15) is 13.2 Å². The first-order chi connectivity index (χ1) is 11.1. The summed E-state index contributed by atoms with van der Waals surface area (Å²) in [6.45, 7) is 2.94. The first-order valence-corrected chi connectivity index (χ1v) is 6.75. The smallest absolute Gasteiger partial charge is 0.422 e. The van der Waals surface area contributed by atoms with Crippen molar-refractivity contribution in [2.24, 2.45) is 0 Å². The van der Waals surface area contributed by atoms with Crippen LogP contribution in [0.4, 0.5) is 22.0 Å². The van der Waals surface area contributed by atoms with Crippen LogP contribution in [0, 0.1) is 11.6 Å². The maximum Gasteiger partial charge on any atom is 0.422 e. The number of ketones is 1. The SMILES string of the molecule is CCOC(CC)=C(C(=O)O)C(=O)c1ccc(F)c(C(F)(F)F)c1F. The lowest BCUT2D eigenvalue weighted by atomic mass is 9.98. The molecule has 132 valence electrons. The summed E-state index contributed by atoms with van der Waals surface area (Å²) in [6, 6.07) is 0.718. The van der Waals surface area contributed by atoms with Gasteiger partial charge in [0.25, 0.3) is 0 Å². The van der Waals surface area contributed by atoms with Crippen molar-refractivity contribution in [1.82, 2.24) is 0 Å². The van der Waals surface area contributed by atoms with Gasteiger partial charge in [0.1, 0.15) is 28.5 Å². The van der Waals surface area contributed by atoms with E-state index in [9.17, 15) is 31.5 Å². The van der Waals surface area contributed by atoms with E-state index in [1.807, 2.05) is 0 Å². The third-order valence-electron chi connectivity index (χ3n) is 2.98. The normalized spacial score (nSPS) is 12.6. The van der Waals surface area contributed by atoms with E-state index in [0.717, 1.165) is 0 Å². The summed E-state index contributed by atoms with van der Waals surface area (Å²) in [4.78, 5) is 23.5. The number of ether oxygens (including phenoxy) is 1. The second kappa shape index (κ2) is 7.41. The van der Waals surface area contributed by atoms with Crippen LogP contribution in [0.25, 0.3) is 0 Å². The van der Waals surface area contributed by atoms with Crippen LogP contribution >= 0.6 is 0 Å². The molecule has 1 aromatic rings. The van der Waals surface area contributed by atoms with Crippen molar-refractivity contribution in [3.05, 3.63) is 46.2 Å². The van der Waals surface area contributed by atoms with Crippen molar-refractivity contribution in [1.29, 1.82) is 0 Å². The summed E-state index contributed by atoms with van der Waals surface area (Å²) >= 11 is 0. The number of halogens is 5. The van der Waals surface area contributed by atoms with E-state index in [1.54, 1.807) is 0 Å². The average molecular weight is 352 g/mol. The second-order valence-electron chi connectivity index (χ2n) is 4.50. The van der Waals surface area contributed by atoms with E-state index < -0.39 is 46.3 Å².